The molecule has 1 aliphatic rings. The summed E-state index contributed by atoms with van der Waals surface area (Å²) in [5.41, 5.74) is 0.584. The molecule has 1 saturated heterocycles. The fraction of sp³-hybridized carbons (Fsp3) is 0.429. The van der Waals surface area contributed by atoms with E-state index in [2.05, 4.69) is 43.8 Å². The lowest BCUT2D eigenvalue weighted by atomic mass is 10.2. The van der Waals surface area contributed by atoms with Crippen molar-refractivity contribution in [1.82, 2.24) is 10.2 Å². The van der Waals surface area contributed by atoms with Gasteiger partial charge in [0.2, 0.25) is 5.91 Å². The molecule has 21 heavy (non-hydrogen) atoms. The van der Waals surface area contributed by atoms with Gasteiger partial charge in [0.15, 0.2) is 0 Å². The number of nitrogens with zero attached hydrogens (tertiary/aromatic N) is 1. The predicted octanol–water partition coefficient (Wildman–Crippen LogP) is 2.03. The molecule has 0 atom stereocenters. The molecule has 1 aromatic rings. The van der Waals surface area contributed by atoms with E-state index in [0.29, 0.717) is 44.8 Å². The number of carbonyl (C=O) groups is 2. The molecule has 0 unspecified atom stereocenters. The van der Waals surface area contributed by atoms with Crippen LogP contribution in [-0.4, -0.2) is 49.6 Å². The molecule has 1 fully saturated rings. The van der Waals surface area contributed by atoms with Crippen LogP contribution in [0.1, 0.15) is 16.8 Å². The molecule has 1 heterocycles. The molecule has 0 aromatic heterocycles. The number of hydrogen-bond donors (Lipinski definition) is 1. The van der Waals surface area contributed by atoms with E-state index >= 15 is 0 Å². The van der Waals surface area contributed by atoms with E-state index in [-0.39, 0.29) is 11.8 Å². The normalized spacial score (nSPS) is 14.9. The number of amides is 2. The highest BCUT2D eigenvalue weighted by atomic mass is 127. The average Bonchev–Trinajstić information content (AvgIpc) is 2.50. The van der Waals surface area contributed by atoms with Crippen LogP contribution in [0, 0.1) is 3.57 Å². The highest BCUT2D eigenvalue weighted by molar-refractivity contribution is 14.1. The Labute approximate surface area is 145 Å². The summed E-state index contributed by atoms with van der Waals surface area (Å²) in [7, 11) is 0. The quantitative estimate of drug-likeness (QED) is 0.691. The largest absolute Gasteiger partial charge is 0.378 e. The molecule has 1 aromatic carbocycles. The van der Waals surface area contributed by atoms with Crippen molar-refractivity contribution < 1.29 is 14.3 Å². The Balaban J connectivity index is 1.81. The molecular weight excluding hydrogens is 451 g/mol. The number of halogens is 2. The minimum Gasteiger partial charge on any atom is -0.378 e. The van der Waals surface area contributed by atoms with E-state index in [0.717, 1.165) is 8.04 Å². The molecule has 114 valence electrons. The number of nitrogens with one attached hydrogen (secondary N) is 1. The summed E-state index contributed by atoms with van der Waals surface area (Å²) in [5.74, 6) is -0.115. The standard InChI is InChI=1S/C14H16BrIN2O3/c15-12-2-1-10(16)9-11(12)14(20)17-4-3-13(19)18-5-7-21-8-6-18/h1-2,9H,3-8H2,(H,17,20). The SMILES string of the molecule is O=C(NCCC(=O)N1CCOCC1)c1cc(I)ccc1Br. The minimum absolute atomic E-state index is 0.0558. The Bertz CT molecular complexity index is 533. The van der Waals surface area contributed by atoms with E-state index in [1.807, 2.05) is 18.2 Å². The number of benzene rings is 1. The molecule has 0 saturated carbocycles. The molecule has 2 rings (SSSR count). The van der Waals surface area contributed by atoms with Crippen molar-refractivity contribution in [2.75, 3.05) is 32.8 Å². The molecule has 0 spiro atoms. The number of rotatable bonds is 4. The van der Waals surface area contributed by atoms with E-state index in [1.54, 1.807) is 4.90 Å². The maximum Gasteiger partial charge on any atom is 0.252 e. The van der Waals surface area contributed by atoms with E-state index in [9.17, 15) is 9.59 Å². The zero-order chi connectivity index (χ0) is 15.2. The summed E-state index contributed by atoms with van der Waals surface area (Å²) < 4.78 is 6.95. The van der Waals surface area contributed by atoms with Crippen molar-refractivity contribution >= 4 is 50.3 Å². The lowest BCUT2D eigenvalue weighted by Gasteiger charge is -2.26. The number of carbonyl (C=O) groups excluding carboxylic acids is 2. The topological polar surface area (TPSA) is 58.6 Å². The van der Waals surface area contributed by atoms with Crippen LogP contribution >= 0.6 is 38.5 Å². The van der Waals surface area contributed by atoms with Crippen LogP contribution in [-0.2, 0) is 9.53 Å². The van der Waals surface area contributed by atoms with E-state index in [4.69, 9.17) is 4.74 Å². The number of morpholine rings is 1. The molecule has 7 heteroatoms. The van der Waals surface area contributed by atoms with Crippen LogP contribution in [0.15, 0.2) is 22.7 Å². The number of hydrogen-bond acceptors (Lipinski definition) is 3. The third-order valence-electron chi connectivity index (χ3n) is 3.16. The van der Waals surface area contributed by atoms with Gasteiger partial charge in [-0.2, -0.15) is 0 Å². The monoisotopic (exact) mass is 466 g/mol. The molecule has 0 radical (unpaired) electrons. The highest BCUT2D eigenvalue weighted by Gasteiger charge is 2.17. The first-order valence-electron chi connectivity index (χ1n) is 6.66. The van der Waals surface area contributed by atoms with Gasteiger partial charge in [-0.3, -0.25) is 9.59 Å². The summed E-state index contributed by atoms with van der Waals surface area (Å²) in [6.45, 7) is 2.79. The Morgan fingerprint density at radius 3 is 2.76 bits per heavy atom. The van der Waals surface area contributed by atoms with Crippen molar-refractivity contribution in [2.45, 2.75) is 6.42 Å². The zero-order valence-corrected chi connectivity index (χ0v) is 15.1. The van der Waals surface area contributed by atoms with Crippen LogP contribution in [0.3, 0.4) is 0 Å². The second-order valence-corrected chi connectivity index (χ2v) is 6.72. The van der Waals surface area contributed by atoms with Gasteiger partial charge < -0.3 is 15.0 Å². The van der Waals surface area contributed by atoms with Crippen LogP contribution in [0.2, 0.25) is 0 Å². The van der Waals surface area contributed by atoms with Gasteiger partial charge in [0.1, 0.15) is 0 Å². The second kappa shape index (κ2) is 8.09. The third kappa shape index (κ3) is 4.93. The van der Waals surface area contributed by atoms with Gasteiger partial charge in [0, 0.05) is 34.1 Å². The Morgan fingerprint density at radius 2 is 2.05 bits per heavy atom. The van der Waals surface area contributed by atoms with Crippen LogP contribution in [0.5, 0.6) is 0 Å². The van der Waals surface area contributed by atoms with Crippen molar-refractivity contribution in [1.29, 1.82) is 0 Å². The van der Waals surface area contributed by atoms with Gasteiger partial charge in [0.25, 0.3) is 5.91 Å². The lowest BCUT2D eigenvalue weighted by molar-refractivity contribution is -0.135. The van der Waals surface area contributed by atoms with Crippen molar-refractivity contribution in [3.05, 3.63) is 31.8 Å². The summed E-state index contributed by atoms with van der Waals surface area (Å²) in [6.07, 6.45) is 0.313. The van der Waals surface area contributed by atoms with Crippen LogP contribution in [0.4, 0.5) is 0 Å². The predicted molar refractivity (Wildman–Crippen MR) is 91.2 cm³/mol. The zero-order valence-electron chi connectivity index (χ0n) is 11.4. The fourth-order valence-corrected chi connectivity index (χ4v) is 2.94. The molecule has 0 aliphatic carbocycles. The van der Waals surface area contributed by atoms with Gasteiger partial charge in [-0.1, -0.05) is 0 Å². The Morgan fingerprint density at radius 1 is 1.33 bits per heavy atom. The summed E-state index contributed by atoms with van der Waals surface area (Å²) in [4.78, 5) is 25.8. The molecule has 5 nitrogen and oxygen atoms in total. The molecular formula is C14H16BrIN2O3. The first-order chi connectivity index (χ1) is 10.1. The first kappa shape index (κ1) is 16.7. The average molecular weight is 467 g/mol. The summed E-state index contributed by atoms with van der Waals surface area (Å²) in [5, 5.41) is 2.79. The van der Waals surface area contributed by atoms with Crippen molar-refractivity contribution in [3.8, 4) is 0 Å². The third-order valence-corrected chi connectivity index (χ3v) is 4.52. The maximum atomic E-state index is 12.1. The fourth-order valence-electron chi connectivity index (χ4n) is 2.02. The Hall–Kier alpha value is -0.670. The van der Waals surface area contributed by atoms with Crippen molar-refractivity contribution in [2.24, 2.45) is 0 Å². The summed E-state index contributed by atoms with van der Waals surface area (Å²) >= 11 is 5.52. The first-order valence-corrected chi connectivity index (χ1v) is 8.54. The lowest BCUT2D eigenvalue weighted by Crippen LogP contribution is -2.42. The smallest absolute Gasteiger partial charge is 0.252 e. The van der Waals surface area contributed by atoms with Crippen LogP contribution < -0.4 is 5.32 Å². The second-order valence-electron chi connectivity index (χ2n) is 4.62. The van der Waals surface area contributed by atoms with Gasteiger partial charge >= 0.3 is 0 Å². The molecule has 0 bridgehead atoms. The van der Waals surface area contributed by atoms with Gasteiger partial charge in [0.05, 0.1) is 18.8 Å². The Kier molecular flexibility index (Phi) is 6.43. The highest BCUT2D eigenvalue weighted by Crippen LogP contribution is 2.19. The molecule has 1 aliphatic heterocycles. The molecule has 2 amide bonds. The van der Waals surface area contributed by atoms with Crippen LogP contribution in [0.25, 0.3) is 0 Å². The van der Waals surface area contributed by atoms with Gasteiger partial charge in [-0.25, -0.2) is 0 Å². The van der Waals surface area contributed by atoms with Gasteiger partial charge in [-0.05, 0) is 56.7 Å². The molecule has 1 N–H and O–H groups in total. The number of ether oxygens (including phenoxy) is 1. The maximum absolute atomic E-state index is 12.1. The summed E-state index contributed by atoms with van der Waals surface area (Å²) in [6, 6.07) is 5.57. The van der Waals surface area contributed by atoms with Crippen molar-refractivity contribution in [3.63, 3.8) is 0 Å². The van der Waals surface area contributed by atoms with E-state index < -0.39 is 0 Å². The minimum atomic E-state index is -0.171. The van der Waals surface area contributed by atoms with Gasteiger partial charge in [-0.15, -0.1) is 0 Å². The van der Waals surface area contributed by atoms with E-state index in [1.165, 1.54) is 0 Å².